The van der Waals surface area contributed by atoms with Crippen LogP contribution in [0.2, 0.25) is 0 Å². The lowest BCUT2D eigenvalue weighted by atomic mass is 9.99. The summed E-state index contributed by atoms with van der Waals surface area (Å²) in [7, 11) is 0. The molecule has 2 aromatic rings. The van der Waals surface area contributed by atoms with Gasteiger partial charge in [0, 0.05) is 12.6 Å². The zero-order valence-electron chi connectivity index (χ0n) is 11.0. The van der Waals surface area contributed by atoms with Crippen LogP contribution in [0.1, 0.15) is 12.8 Å². The maximum atomic E-state index is 13.5. The Morgan fingerprint density at radius 2 is 2.24 bits per heavy atom. The summed E-state index contributed by atoms with van der Waals surface area (Å²) in [5.74, 6) is -1.58. The molecule has 1 saturated heterocycles. The number of anilines is 1. The van der Waals surface area contributed by atoms with Crippen molar-refractivity contribution in [3.05, 3.63) is 23.8 Å². The second-order valence-electron chi connectivity index (χ2n) is 4.79. The van der Waals surface area contributed by atoms with Gasteiger partial charge in [0.15, 0.2) is 10.9 Å². The van der Waals surface area contributed by atoms with E-state index in [9.17, 15) is 13.6 Å². The summed E-state index contributed by atoms with van der Waals surface area (Å²) in [5, 5.41) is 6.15. The summed E-state index contributed by atoms with van der Waals surface area (Å²) in [4.78, 5) is 16.1. The van der Waals surface area contributed by atoms with Crippen molar-refractivity contribution in [2.24, 2.45) is 5.92 Å². The molecule has 1 aromatic heterocycles. The van der Waals surface area contributed by atoms with Gasteiger partial charge < -0.3 is 10.6 Å². The quantitative estimate of drug-likeness (QED) is 0.888. The molecule has 0 saturated carbocycles. The predicted octanol–water partition coefficient (Wildman–Crippen LogP) is 2.93. The number of amides is 1. The van der Waals surface area contributed by atoms with Crippen LogP contribution in [0.4, 0.5) is 13.9 Å². The Bertz CT molecular complexity index is 658. The van der Waals surface area contributed by atoms with E-state index >= 15 is 0 Å². The van der Waals surface area contributed by atoms with Crippen molar-refractivity contribution in [1.82, 2.24) is 10.3 Å². The molecule has 21 heavy (non-hydrogen) atoms. The van der Waals surface area contributed by atoms with Gasteiger partial charge in [0.25, 0.3) is 0 Å². The largest absolute Gasteiger partial charge is 0.316 e. The molecule has 0 bridgehead atoms. The molecule has 1 aromatic carbocycles. The van der Waals surface area contributed by atoms with E-state index in [0.717, 1.165) is 36.8 Å². The maximum Gasteiger partial charge on any atom is 0.230 e. The van der Waals surface area contributed by atoms with Crippen molar-refractivity contribution in [2.45, 2.75) is 12.8 Å². The monoisotopic (exact) mass is 333 g/mol. The van der Waals surface area contributed by atoms with Gasteiger partial charge in [-0.25, -0.2) is 13.8 Å². The zero-order valence-corrected chi connectivity index (χ0v) is 12.6. The first-order valence-corrected chi connectivity index (χ1v) is 7.22. The second kappa shape index (κ2) is 6.64. The van der Waals surface area contributed by atoms with Crippen LogP contribution in [0.3, 0.4) is 0 Å². The lowest BCUT2D eigenvalue weighted by Crippen LogP contribution is -2.37. The Kier molecular flexibility index (Phi) is 5.08. The average Bonchev–Trinajstić information content (AvgIpc) is 2.82. The first-order chi connectivity index (χ1) is 9.63. The summed E-state index contributed by atoms with van der Waals surface area (Å²) in [6.45, 7) is 1.56. The minimum Gasteiger partial charge on any atom is -0.316 e. The molecule has 2 heterocycles. The predicted molar refractivity (Wildman–Crippen MR) is 81.0 cm³/mol. The number of benzene rings is 1. The van der Waals surface area contributed by atoms with E-state index in [2.05, 4.69) is 15.6 Å². The van der Waals surface area contributed by atoms with E-state index in [1.807, 2.05) is 0 Å². The van der Waals surface area contributed by atoms with Crippen LogP contribution >= 0.6 is 23.7 Å². The van der Waals surface area contributed by atoms with Gasteiger partial charge in [-0.15, -0.1) is 12.4 Å². The molecule has 1 aliphatic heterocycles. The lowest BCUT2D eigenvalue weighted by Gasteiger charge is -2.21. The van der Waals surface area contributed by atoms with Gasteiger partial charge in [0.2, 0.25) is 5.91 Å². The van der Waals surface area contributed by atoms with Gasteiger partial charge in [-0.2, -0.15) is 0 Å². The van der Waals surface area contributed by atoms with E-state index in [4.69, 9.17) is 0 Å². The molecule has 114 valence electrons. The number of hydrogen-bond acceptors (Lipinski definition) is 4. The van der Waals surface area contributed by atoms with Gasteiger partial charge in [0.1, 0.15) is 11.3 Å². The van der Waals surface area contributed by atoms with E-state index < -0.39 is 11.6 Å². The van der Waals surface area contributed by atoms with Gasteiger partial charge in [0.05, 0.1) is 10.6 Å². The Hall–Kier alpha value is -1.31. The highest BCUT2D eigenvalue weighted by atomic mass is 35.5. The third-order valence-corrected chi connectivity index (χ3v) is 4.23. The molecule has 0 spiro atoms. The fraction of sp³-hybridized carbons (Fsp3) is 0.385. The Morgan fingerprint density at radius 1 is 1.43 bits per heavy atom. The van der Waals surface area contributed by atoms with Crippen LogP contribution in [0, 0.1) is 17.6 Å². The van der Waals surface area contributed by atoms with Gasteiger partial charge in [-0.3, -0.25) is 4.79 Å². The van der Waals surface area contributed by atoms with Gasteiger partial charge >= 0.3 is 0 Å². The summed E-state index contributed by atoms with van der Waals surface area (Å²) in [5.41, 5.74) is 0.0912. The number of piperidine rings is 1. The van der Waals surface area contributed by atoms with Crippen molar-refractivity contribution >= 4 is 45.0 Å². The third-order valence-electron chi connectivity index (χ3n) is 3.31. The summed E-state index contributed by atoms with van der Waals surface area (Å²) in [6.07, 6.45) is 1.78. The van der Waals surface area contributed by atoms with Crippen LogP contribution in [-0.2, 0) is 4.79 Å². The number of fused-ring (bicyclic) bond motifs is 1. The number of rotatable bonds is 2. The number of nitrogens with zero attached hydrogens (tertiary/aromatic N) is 1. The molecule has 0 aliphatic carbocycles. The fourth-order valence-corrected chi connectivity index (χ4v) is 3.20. The van der Waals surface area contributed by atoms with Crippen LogP contribution in [0.5, 0.6) is 0 Å². The molecular weight excluding hydrogens is 320 g/mol. The number of carbonyl (C=O) groups excluding carboxylic acids is 1. The zero-order chi connectivity index (χ0) is 14.1. The van der Waals surface area contributed by atoms with Crippen molar-refractivity contribution in [3.63, 3.8) is 0 Å². The summed E-state index contributed by atoms with van der Waals surface area (Å²) in [6, 6.07) is 2.01. The standard InChI is InChI=1S/C13H13F2N3OS.ClH/c14-8-4-9(15)11-10(5-8)20-13(17-11)18-12(19)7-2-1-3-16-6-7;/h4-5,7,16H,1-3,6H2,(H,17,18,19);1H/t7-;/m0./s1. The molecule has 2 N–H and O–H groups in total. The van der Waals surface area contributed by atoms with Crippen LogP contribution in [0.15, 0.2) is 12.1 Å². The SMILES string of the molecule is Cl.O=C(Nc1nc2c(F)cc(F)cc2s1)[C@H]1CCCNC1. The Morgan fingerprint density at radius 3 is 2.95 bits per heavy atom. The smallest absolute Gasteiger partial charge is 0.230 e. The van der Waals surface area contributed by atoms with E-state index in [0.29, 0.717) is 16.4 Å². The van der Waals surface area contributed by atoms with Crippen LogP contribution in [0.25, 0.3) is 10.2 Å². The summed E-state index contributed by atoms with van der Waals surface area (Å²) < 4.78 is 27.0. The molecule has 1 amide bonds. The normalized spacial score (nSPS) is 18.3. The fourth-order valence-electron chi connectivity index (χ4n) is 2.29. The molecule has 0 radical (unpaired) electrons. The highest BCUT2D eigenvalue weighted by Crippen LogP contribution is 2.29. The number of halogens is 3. The lowest BCUT2D eigenvalue weighted by molar-refractivity contribution is -0.120. The molecule has 8 heteroatoms. The second-order valence-corrected chi connectivity index (χ2v) is 5.82. The molecule has 1 atom stereocenters. The highest BCUT2D eigenvalue weighted by Gasteiger charge is 2.22. The molecule has 0 unspecified atom stereocenters. The van der Waals surface area contributed by atoms with Crippen molar-refractivity contribution < 1.29 is 13.6 Å². The molecule has 3 rings (SSSR count). The Labute approximate surface area is 130 Å². The maximum absolute atomic E-state index is 13.5. The first kappa shape index (κ1) is 16.1. The van der Waals surface area contributed by atoms with E-state index in [1.165, 1.54) is 6.07 Å². The molecule has 1 aliphatic rings. The van der Waals surface area contributed by atoms with Gasteiger partial charge in [-0.05, 0) is 25.5 Å². The van der Waals surface area contributed by atoms with E-state index in [1.54, 1.807) is 0 Å². The van der Waals surface area contributed by atoms with E-state index in [-0.39, 0.29) is 29.7 Å². The molecule has 4 nitrogen and oxygen atoms in total. The number of carbonyl (C=O) groups is 1. The van der Waals surface area contributed by atoms with Crippen LogP contribution < -0.4 is 10.6 Å². The van der Waals surface area contributed by atoms with Crippen molar-refractivity contribution in [1.29, 1.82) is 0 Å². The minimum absolute atomic E-state index is 0. The average molecular weight is 334 g/mol. The number of hydrogen-bond donors (Lipinski definition) is 2. The minimum atomic E-state index is -0.712. The van der Waals surface area contributed by atoms with Gasteiger partial charge in [-0.1, -0.05) is 11.3 Å². The Balaban J connectivity index is 0.00000161. The molecule has 1 fully saturated rings. The van der Waals surface area contributed by atoms with Crippen LogP contribution in [-0.4, -0.2) is 24.0 Å². The third kappa shape index (κ3) is 3.48. The summed E-state index contributed by atoms with van der Waals surface area (Å²) >= 11 is 1.07. The number of thiazole rings is 1. The topological polar surface area (TPSA) is 54.0 Å². The molecular formula is C13H14ClF2N3OS. The van der Waals surface area contributed by atoms with Crippen molar-refractivity contribution in [2.75, 3.05) is 18.4 Å². The van der Waals surface area contributed by atoms with Crippen molar-refractivity contribution in [3.8, 4) is 0 Å². The number of aromatic nitrogens is 1. The number of nitrogens with one attached hydrogen (secondary N) is 2. The highest BCUT2D eigenvalue weighted by molar-refractivity contribution is 7.22. The first-order valence-electron chi connectivity index (χ1n) is 6.40.